The van der Waals surface area contributed by atoms with Crippen LogP contribution in [0, 0.1) is 0 Å². The van der Waals surface area contributed by atoms with Crippen LogP contribution in [0.25, 0.3) is 0 Å². The molecule has 0 aliphatic carbocycles. The number of benzene rings is 1. The van der Waals surface area contributed by atoms with E-state index in [-0.39, 0.29) is 5.56 Å². The highest BCUT2D eigenvalue weighted by Gasteiger charge is 2.04. The summed E-state index contributed by atoms with van der Waals surface area (Å²) in [7, 11) is 3.72. The summed E-state index contributed by atoms with van der Waals surface area (Å²) >= 11 is 0. The molecule has 0 bridgehead atoms. The van der Waals surface area contributed by atoms with Crippen molar-refractivity contribution in [3.63, 3.8) is 0 Å². The largest absolute Gasteiger partial charge is 0.494 e. The lowest BCUT2D eigenvalue weighted by atomic mass is 10.2. The Bertz CT molecular complexity index is 395. The van der Waals surface area contributed by atoms with Gasteiger partial charge in [-0.25, -0.2) is 4.79 Å². The van der Waals surface area contributed by atoms with Crippen LogP contribution in [-0.2, 0) is 4.74 Å². The number of carboxylic acid groups (broad SMARTS) is 1. The molecule has 0 atom stereocenters. The lowest BCUT2D eigenvalue weighted by molar-refractivity contribution is 0.0696. The predicted molar refractivity (Wildman–Crippen MR) is 72.9 cm³/mol. The fourth-order valence-electron chi connectivity index (χ4n) is 1.60. The number of ether oxygens (including phenoxy) is 2. The first kappa shape index (κ1) is 15.5. The van der Waals surface area contributed by atoms with E-state index in [2.05, 4.69) is 4.90 Å². The minimum atomic E-state index is -0.940. The van der Waals surface area contributed by atoms with Gasteiger partial charge in [0.2, 0.25) is 0 Å². The number of hydrogen-bond donors (Lipinski definition) is 1. The Morgan fingerprint density at radius 3 is 2.79 bits per heavy atom. The number of hydrogen-bond acceptors (Lipinski definition) is 4. The fourth-order valence-corrected chi connectivity index (χ4v) is 1.60. The smallest absolute Gasteiger partial charge is 0.335 e. The first-order chi connectivity index (χ1) is 9.13. The molecule has 0 heterocycles. The molecule has 0 saturated carbocycles. The highest BCUT2D eigenvalue weighted by molar-refractivity contribution is 5.87. The minimum Gasteiger partial charge on any atom is -0.494 e. The standard InChI is InChI=1S/C14H21NO4/c1-15(8-10-18-2)7-4-9-19-13-6-3-5-12(11-13)14(16)17/h3,5-6,11H,4,7-10H2,1-2H3,(H,16,17). The maximum absolute atomic E-state index is 10.8. The molecular formula is C14H21NO4. The van der Waals surface area contributed by atoms with Gasteiger partial charge in [0.1, 0.15) is 5.75 Å². The summed E-state index contributed by atoms with van der Waals surface area (Å²) in [6, 6.07) is 6.54. The van der Waals surface area contributed by atoms with Crippen molar-refractivity contribution in [3.8, 4) is 5.75 Å². The normalized spacial score (nSPS) is 10.7. The van der Waals surface area contributed by atoms with Gasteiger partial charge >= 0.3 is 5.97 Å². The third-order valence-electron chi connectivity index (χ3n) is 2.71. The number of rotatable bonds is 9. The van der Waals surface area contributed by atoms with E-state index in [1.54, 1.807) is 25.3 Å². The molecular weight excluding hydrogens is 246 g/mol. The second kappa shape index (κ2) is 8.50. The SMILES string of the molecule is COCCN(C)CCCOc1cccc(C(=O)O)c1. The third-order valence-corrected chi connectivity index (χ3v) is 2.71. The van der Waals surface area contributed by atoms with E-state index < -0.39 is 5.97 Å². The molecule has 5 heteroatoms. The van der Waals surface area contributed by atoms with Gasteiger partial charge in [-0.1, -0.05) is 6.07 Å². The summed E-state index contributed by atoms with van der Waals surface area (Å²) in [5.41, 5.74) is 0.245. The van der Waals surface area contributed by atoms with Crippen LogP contribution < -0.4 is 4.74 Å². The molecule has 0 amide bonds. The number of likely N-dealkylation sites (N-methyl/N-ethyl adjacent to an activating group) is 1. The molecule has 1 rings (SSSR count). The number of carbonyl (C=O) groups is 1. The van der Waals surface area contributed by atoms with Crippen molar-refractivity contribution in [2.24, 2.45) is 0 Å². The average molecular weight is 267 g/mol. The summed E-state index contributed by atoms with van der Waals surface area (Å²) in [6.45, 7) is 3.10. The molecule has 0 saturated heterocycles. The molecule has 0 aromatic heterocycles. The Kier molecular flexibility index (Phi) is 6.92. The Balaban J connectivity index is 2.25. The topological polar surface area (TPSA) is 59.0 Å². The highest BCUT2D eigenvalue weighted by Crippen LogP contribution is 2.13. The van der Waals surface area contributed by atoms with Crippen LogP contribution in [0.5, 0.6) is 5.75 Å². The second-order valence-electron chi connectivity index (χ2n) is 4.33. The van der Waals surface area contributed by atoms with Crippen LogP contribution in [0.3, 0.4) is 0 Å². The molecule has 0 radical (unpaired) electrons. The van der Waals surface area contributed by atoms with Crippen molar-refractivity contribution < 1.29 is 19.4 Å². The third kappa shape index (κ3) is 6.22. The number of carboxylic acids is 1. The van der Waals surface area contributed by atoms with Crippen molar-refractivity contribution >= 4 is 5.97 Å². The quantitative estimate of drug-likeness (QED) is 0.690. The molecule has 1 aromatic rings. The molecule has 0 unspecified atom stereocenters. The zero-order chi connectivity index (χ0) is 14.1. The predicted octanol–water partition coefficient (Wildman–Crippen LogP) is 1.73. The summed E-state index contributed by atoms with van der Waals surface area (Å²) in [5, 5.41) is 8.86. The Hall–Kier alpha value is -1.59. The summed E-state index contributed by atoms with van der Waals surface area (Å²) in [4.78, 5) is 13.0. The van der Waals surface area contributed by atoms with E-state index in [1.807, 2.05) is 7.05 Å². The Labute approximate surface area is 113 Å². The van der Waals surface area contributed by atoms with Gasteiger partial charge in [0, 0.05) is 20.2 Å². The Morgan fingerprint density at radius 2 is 2.11 bits per heavy atom. The van der Waals surface area contributed by atoms with Crippen molar-refractivity contribution in [1.29, 1.82) is 0 Å². The monoisotopic (exact) mass is 267 g/mol. The van der Waals surface area contributed by atoms with Gasteiger partial charge in [-0.15, -0.1) is 0 Å². The molecule has 5 nitrogen and oxygen atoms in total. The average Bonchev–Trinajstić information content (AvgIpc) is 2.41. The van der Waals surface area contributed by atoms with Gasteiger partial charge in [-0.3, -0.25) is 0 Å². The molecule has 0 fully saturated rings. The van der Waals surface area contributed by atoms with Crippen LogP contribution in [0.1, 0.15) is 16.8 Å². The molecule has 1 aromatic carbocycles. The van der Waals surface area contributed by atoms with Crippen molar-refractivity contribution in [1.82, 2.24) is 4.90 Å². The molecule has 19 heavy (non-hydrogen) atoms. The van der Waals surface area contributed by atoms with Gasteiger partial charge in [0.15, 0.2) is 0 Å². The van der Waals surface area contributed by atoms with Crippen LogP contribution in [0.2, 0.25) is 0 Å². The van der Waals surface area contributed by atoms with E-state index in [1.165, 1.54) is 6.07 Å². The number of methoxy groups -OCH3 is 1. The van der Waals surface area contributed by atoms with Gasteiger partial charge < -0.3 is 19.5 Å². The van der Waals surface area contributed by atoms with Gasteiger partial charge in [-0.2, -0.15) is 0 Å². The number of aromatic carboxylic acids is 1. The lowest BCUT2D eigenvalue weighted by Crippen LogP contribution is -2.25. The molecule has 0 aliphatic rings. The first-order valence-corrected chi connectivity index (χ1v) is 6.27. The van der Waals surface area contributed by atoms with Crippen molar-refractivity contribution in [2.45, 2.75) is 6.42 Å². The molecule has 0 spiro atoms. The summed E-state index contributed by atoms with van der Waals surface area (Å²) in [6.07, 6.45) is 0.886. The summed E-state index contributed by atoms with van der Waals surface area (Å²) < 4.78 is 10.5. The maximum Gasteiger partial charge on any atom is 0.335 e. The molecule has 0 aliphatic heterocycles. The van der Waals surface area contributed by atoms with Crippen LogP contribution in [-0.4, -0.2) is 56.4 Å². The maximum atomic E-state index is 10.8. The molecule has 1 N–H and O–H groups in total. The fraction of sp³-hybridized carbons (Fsp3) is 0.500. The van der Waals surface area contributed by atoms with E-state index >= 15 is 0 Å². The first-order valence-electron chi connectivity index (χ1n) is 6.27. The van der Waals surface area contributed by atoms with Gasteiger partial charge in [-0.05, 0) is 31.7 Å². The summed E-state index contributed by atoms with van der Waals surface area (Å²) in [5.74, 6) is -0.343. The zero-order valence-corrected chi connectivity index (χ0v) is 11.5. The van der Waals surface area contributed by atoms with Crippen LogP contribution >= 0.6 is 0 Å². The van der Waals surface area contributed by atoms with Gasteiger partial charge in [0.05, 0.1) is 18.8 Å². The van der Waals surface area contributed by atoms with E-state index in [0.717, 1.165) is 26.1 Å². The number of nitrogens with zero attached hydrogens (tertiary/aromatic N) is 1. The van der Waals surface area contributed by atoms with E-state index in [9.17, 15) is 4.79 Å². The van der Waals surface area contributed by atoms with Crippen LogP contribution in [0.4, 0.5) is 0 Å². The van der Waals surface area contributed by atoms with Crippen LogP contribution in [0.15, 0.2) is 24.3 Å². The lowest BCUT2D eigenvalue weighted by Gasteiger charge is -2.15. The second-order valence-corrected chi connectivity index (χ2v) is 4.33. The highest BCUT2D eigenvalue weighted by atomic mass is 16.5. The van der Waals surface area contributed by atoms with E-state index in [4.69, 9.17) is 14.6 Å². The van der Waals surface area contributed by atoms with E-state index in [0.29, 0.717) is 12.4 Å². The Morgan fingerprint density at radius 1 is 1.32 bits per heavy atom. The van der Waals surface area contributed by atoms with Crippen molar-refractivity contribution in [3.05, 3.63) is 29.8 Å². The van der Waals surface area contributed by atoms with Crippen molar-refractivity contribution in [2.75, 3.05) is 40.5 Å². The zero-order valence-electron chi connectivity index (χ0n) is 11.5. The van der Waals surface area contributed by atoms with Gasteiger partial charge in [0.25, 0.3) is 0 Å². The molecule has 106 valence electrons. The minimum absolute atomic E-state index is 0.245.